The average molecular weight is 158 g/mol. The molecule has 1 aromatic heterocycles. The van der Waals surface area contributed by atoms with Crippen molar-refractivity contribution in [2.45, 2.75) is 26.2 Å². The van der Waals surface area contributed by atoms with Crippen molar-refractivity contribution in [3.63, 3.8) is 0 Å². The van der Waals surface area contributed by atoms with E-state index in [1.165, 1.54) is 0 Å². The molecular weight excluding hydrogens is 148 g/mol. The molecule has 0 aliphatic rings. The van der Waals surface area contributed by atoms with Gasteiger partial charge in [-0.15, -0.1) is 0 Å². The van der Waals surface area contributed by atoms with Crippen molar-refractivity contribution < 1.29 is 0 Å². The van der Waals surface area contributed by atoms with Gasteiger partial charge in [0.1, 0.15) is 5.82 Å². The molecule has 0 aromatic carbocycles. The van der Waals surface area contributed by atoms with E-state index in [0.717, 1.165) is 23.8 Å². The van der Waals surface area contributed by atoms with E-state index in [1.807, 2.05) is 6.92 Å². The van der Waals surface area contributed by atoms with Crippen molar-refractivity contribution in [2.75, 3.05) is 0 Å². The molecule has 1 unspecified atom stereocenters. The minimum atomic E-state index is -0.0599. The molecule has 1 heterocycles. The van der Waals surface area contributed by atoms with Crippen LogP contribution < -0.4 is 4.87 Å². The van der Waals surface area contributed by atoms with Gasteiger partial charge in [-0.1, -0.05) is 13.8 Å². The van der Waals surface area contributed by atoms with Gasteiger partial charge in [-0.05, 0) is 6.42 Å². The third-order valence-electron chi connectivity index (χ3n) is 1.54. The van der Waals surface area contributed by atoms with Crippen LogP contribution in [0.3, 0.4) is 0 Å². The van der Waals surface area contributed by atoms with Gasteiger partial charge in [0.25, 0.3) is 0 Å². The van der Waals surface area contributed by atoms with Crippen molar-refractivity contribution >= 4 is 11.5 Å². The van der Waals surface area contributed by atoms with E-state index in [0.29, 0.717) is 5.92 Å². The van der Waals surface area contributed by atoms with Crippen LogP contribution in [0.1, 0.15) is 32.0 Å². The molecule has 0 aliphatic carbocycles. The molecule has 0 radical (unpaired) electrons. The molecule has 10 heavy (non-hydrogen) atoms. The molecule has 0 aliphatic heterocycles. The van der Waals surface area contributed by atoms with Crippen LogP contribution in [0.5, 0.6) is 0 Å². The van der Waals surface area contributed by atoms with Crippen LogP contribution in [0.25, 0.3) is 0 Å². The highest BCUT2D eigenvalue weighted by atomic mass is 32.1. The second kappa shape index (κ2) is 2.96. The summed E-state index contributed by atoms with van der Waals surface area (Å²) in [6, 6.07) is 0. The van der Waals surface area contributed by atoms with Crippen LogP contribution in [-0.2, 0) is 0 Å². The van der Waals surface area contributed by atoms with Gasteiger partial charge in [0.2, 0.25) is 0 Å². The molecule has 0 bridgehead atoms. The van der Waals surface area contributed by atoms with Crippen molar-refractivity contribution in [1.29, 1.82) is 0 Å². The van der Waals surface area contributed by atoms with Gasteiger partial charge in [-0.2, -0.15) is 4.37 Å². The van der Waals surface area contributed by atoms with Gasteiger partial charge in [-0.3, -0.25) is 9.78 Å². The Morgan fingerprint density at radius 1 is 1.80 bits per heavy atom. The smallest absolute Gasteiger partial charge is 0.299 e. The summed E-state index contributed by atoms with van der Waals surface area (Å²) < 4.78 is 3.96. The predicted octanol–water partition coefficient (Wildman–Crippen LogP) is 1.34. The first-order chi connectivity index (χ1) is 4.74. The van der Waals surface area contributed by atoms with Gasteiger partial charge < -0.3 is 0 Å². The highest BCUT2D eigenvalue weighted by Crippen LogP contribution is 2.12. The molecule has 0 saturated carbocycles. The number of nitrogens with one attached hydrogen (secondary N) is 1. The third kappa shape index (κ3) is 1.44. The first kappa shape index (κ1) is 7.47. The second-order valence-corrected chi connectivity index (χ2v) is 3.03. The fourth-order valence-corrected chi connectivity index (χ4v) is 1.20. The van der Waals surface area contributed by atoms with Crippen molar-refractivity contribution in [3.05, 3.63) is 15.5 Å². The molecule has 4 heteroatoms. The number of hydrogen-bond donors (Lipinski definition) is 1. The van der Waals surface area contributed by atoms with Crippen molar-refractivity contribution in [1.82, 2.24) is 9.36 Å². The molecular formula is C6H10N2OS. The summed E-state index contributed by atoms with van der Waals surface area (Å²) in [5, 5.41) is 0. The molecule has 1 N–H and O–H groups in total. The minimum absolute atomic E-state index is 0.0599. The summed E-state index contributed by atoms with van der Waals surface area (Å²) in [5.74, 6) is 1.19. The Hall–Kier alpha value is -0.640. The number of rotatable bonds is 2. The van der Waals surface area contributed by atoms with E-state index >= 15 is 0 Å². The molecule has 56 valence electrons. The Bertz CT molecular complexity index is 252. The largest absolute Gasteiger partial charge is 0.323 e. The van der Waals surface area contributed by atoms with E-state index in [2.05, 4.69) is 16.3 Å². The maximum atomic E-state index is 10.6. The van der Waals surface area contributed by atoms with Crippen molar-refractivity contribution in [2.24, 2.45) is 0 Å². The standard InChI is InChI=1S/C6H10N2OS/c1-3-4(2)5-7-6(9)10-8-5/h4H,3H2,1-2H3,(H,7,8,9). The fourth-order valence-electron chi connectivity index (χ4n) is 0.647. The quantitative estimate of drug-likeness (QED) is 0.706. The number of nitrogens with zero attached hydrogens (tertiary/aromatic N) is 1. The lowest BCUT2D eigenvalue weighted by atomic mass is 10.1. The van der Waals surface area contributed by atoms with Gasteiger partial charge in [0.05, 0.1) is 0 Å². The normalized spacial score (nSPS) is 13.4. The number of hydrogen-bond acceptors (Lipinski definition) is 3. The first-order valence-electron chi connectivity index (χ1n) is 3.30. The van der Waals surface area contributed by atoms with Crippen molar-refractivity contribution in [3.8, 4) is 0 Å². The molecule has 1 aromatic rings. The topological polar surface area (TPSA) is 45.8 Å². The summed E-state index contributed by atoms with van der Waals surface area (Å²) in [6.07, 6.45) is 1.01. The molecule has 0 fully saturated rings. The summed E-state index contributed by atoms with van der Waals surface area (Å²) in [6.45, 7) is 4.12. The van der Waals surface area contributed by atoms with Crippen LogP contribution >= 0.6 is 11.5 Å². The zero-order chi connectivity index (χ0) is 7.56. The summed E-state index contributed by atoms with van der Waals surface area (Å²) >= 11 is 0.987. The first-order valence-corrected chi connectivity index (χ1v) is 4.07. The van der Waals surface area contributed by atoms with Gasteiger partial charge in [0, 0.05) is 17.5 Å². The summed E-state index contributed by atoms with van der Waals surface area (Å²) in [5.41, 5.74) is 0. The van der Waals surface area contributed by atoms with E-state index in [-0.39, 0.29) is 4.87 Å². The van der Waals surface area contributed by atoms with E-state index in [4.69, 9.17) is 0 Å². The van der Waals surface area contributed by atoms with Crippen LogP contribution in [0.15, 0.2) is 4.79 Å². The third-order valence-corrected chi connectivity index (χ3v) is 2.09. The molecule has 0 amide bonds. The Labute approximate surface area is 63.3 Å². The van der Waals surface area contributed by atoms with E-state index in [1.54, 1.807) is 0 Å². The van der Waals surface area contributed by atoms with E-state index in [9.17, 15) is 4.79 Å². The van der Waals surface area contributed by atoms with E-state index < -0.39 is 0 Å². The van der Waals surface area contributed by atoms with Gasteiger partial charge in [0.15, 0.2) is 0 Å². The van der Waals surface area contributed by atoms with Crippen LogP contribution in [0.4, 0.5) is 0 Å². The Kier molecular flexibility index (Phi) is 2.21. The summed E-state index contributed by atoms with van der Waals surface area (Å²) in [7, 11) is 0. The van der Waals surface area contributed by atoms with Gasteiger partial charge in [-0.25, -0.2) is 0 Å². The molecule has 0 saturated heterocycles. The highest BCUT2D eigenvalue weighted by Gasteiger charge is 2.05. The lowest BCUT2D eigenvalue weighted by Gasteiger charge is -2.00. The summed E-state index contributed by atoms with van der Waals surface area (Å²) in [4.78, 5) is 13.2. The lowest BCUT2D eigenvalue weighted by Crippen LogP contribution is -1.98. The maximum absolute atomic E-state index is 10.6. The SMILES string of the molecule is CCC(C)c1nsc(=O)[nH]1. The molecule has 1 rings (SSSR count). The number of H-pyrrole nitrogens is 1. The number of aromatic nitrogens is 2. The average Bonchev–Trinajstić information content (AvgIpc) is 2.34. The van der Waals surface area contributed by atoms with Crippen LogP contribution in [0.2, 0.25) is 0 Å². The monoisotopic (exact) mass is 158 g/mol. The predicted molar refractivity (Wildman–Crippen MR) is 41.4 cm³/mol. The zero-order valence-corrected chi connectivity index (χ0v) is 6.86. The maximum Gasteiger partial charge on any atom is 0.323 e. The Balaban J connectivity index is 2.84. The highest BCUT2D eigenvalue weighted by molar-refractivity contribution is 7.02. The molecule has 1 atom stereocenters. The fraction of sp³-hybridized carbons (Fsp3) is 0.667. The Morgan fingerprint density at radius 2 is 2.50 bits per heavy atom. The lowest BCUT2D eigenvalue weighted by molar-refractivity contribution is 0.690. The minimum Gasteiger partial charge on any atom is -0.299 e. The second-order valence-electron chi connectivity index (χ2n) is 2.29. The van der Waals surface area contributed by atoms with Crippen LogP contribution in [-0.4, -0.2) is 9.36 Å². The number of aromatic amines is 1. The molecule has 0 spiro atoms. The molecule has 3 nitrogen and oxygen atoms in total. The Morgan fingerprint density at radius 3 is 2.90 bits per heavy atom. The van der Waals surface area contributed by atoms with Gasteiger partial charge >= 0.3 is 4.87 Å². The zero-order valence-electron chi connectivity index (χ0n) is 6.05. The van der Waals surface area contributed by atoms with Crippen LogP contribution in [0, 0.1) is 0 Å².